The Bertz CT molecular complexity index is 1080. The lowest BCUT2D eigenvalue weighted by Gasteiger charge is -2.17. The van der Waals surface area contributed by atoms with E-state index in [0.717, 1.165) is 16.6 Å². The Balaban J connectivity index is 1.47. The maximum atomic E-state index is 12.8. The highest BCUT2D eigenvalue weighted by molar-refractivity contribution is 6.04. The molecule has 0 aliphatic carbocycles. The fourth-order valence-corrected chi connectivity index (χ4v) is 3.66. The minimum Gasteiger partial charge on any atom is -0.497 e. The van der Waals surface area contributed by atoms with Crippen molar-refractivity contribution >= 4 is 34.1 Å². The number of fused-ring (bicyclic) bond motifs is 1. The molecule has 4 rings (SSSR count). The number of hydrogen-bond donors (Lipinski definition) is 1. The smallest absolute Gasteiger partial charge is 0.229 e. The standard InChI is InChI=1S/C22H24N4O4/c1-29-9-8-26-20-11-17(7-6-15(20)13-23-26)24-22(28)16-10-21(27)25(14-16)18-4-3-5-19(12-18)30-2/h3-7,11-13,16H,8-10,14H2,1-2H3,(H,24,28)/t16-/m1/s1. The van der Waals surface area contributed by atoms with Crippen molar-refractivity contribution in [3.63, 3.8) is 0 Å². The highest BCUT2D eigenvalue weighted by Gasteiger charge is 2.35. The number of hydrogen-bond acceptors (Lipinski definition) is 5. The lowest BCUT2D eigenvalue weighted by atomic mass is 10.1. The Labute approximate surface area is 174 Å². The topological polar surface area (TPSA) is 85.7 Å². The number of amides is 2. The first kappa shape index (κ1) is 19.9. The summed E-state index contributed by atoms with van der Waals surface area (Å²) in [6.07, 6.45) is 1.97. The number of carbonyl (C=O) groups is 2. The molecule has 3 aromatic rings. The molecular weight excluding hydrogens is 384 g/mol. The number of benzene rings is 2. The normalized spacial score (nSPS) is 16.3. The average molecular weight is 408 g/mol. The van der Waals surface area contributed by atoms with Gasteiger partial charge >= 0.3 is 0 Å². The van der Waals surface area contributed by atoms with Crippen LogP contribution in [0.15, 0.2) is 48.7 Å². The zero-order valence-corrected chi connectivity index (χ0v) is 17.0. The Hall–Kier alpha value is -3.39. The summed E-state index contributed by atoms with van der Waals surface area (Å²) in [5, 5.41) is 8.30. The summed E-state index contributed by atoms with van der Waals surface area (Å²) in [5.74, 6) is 0.0111. The van der Waals surface area contributed by atoms with E-state index in [0.29, 0.717) is 31.1 Å². The van der Waals surface area contributed by atoms with Crippen molar-refractivity contribution in [1.82, 2.24) is 9.78 Å². The van der Waals surface area contributed by atoms with Crippen LogP contribution in [0.1, 0.15) is 6.42 Å². The zero-order chi connectivity index (χ0) is 21.1. The van der Waals surface area contributed by atoms with E-state index in [1.807, 2.05) is 41.1 Å². The van der Waals surface area contributed by atoms with E-state index in [9.17, 15) is 9.59 Å². The molecule has 2 aromatic carbocycles. The van der Waals surface area contributed by atoms with Crippen molar-refractivity contribution in [1.29, 1.82) is 0 Å². The van der Waals surface area contributed by atoms with Crippen molar-refractivity contribution in [2.24, 2.45) is 5.92 Å². The van der Waals surface area contributed by atoms with Crippen LogP contribution in [0.3, 0.4) is 0 Å². The molecule has 0 radical (unpaired) electrons. The van der Waals surface area contributed by atoms with Gasteiger partial charge in [-0.3, -0.25) is 14.3 Å². The van der Waals surface area contributed by atoms with E-state index >= 15 is 0 Å². The molecule has 0 unspecified atom stereocenters. The quantitative estimate of drug-likeness (QED) is 0.650. The molecule has 8 heteroatoms. The van der Waals surface area contributed by atoms with Crippen LogP contribution in [0.4, 0.5) is 11.4 Å². The monoisotopic (exact) mass is 408 g/mol. The van der Waals surface area contributed by atoms with E-state index in [2.05, 4.69) is 10.4 Å². The lowest BCUT2D eigenvalue weighted by Crippen LogP contribution is -2.28. The molecule has 0 saturated carbocycles. The third-order valence-electron chi connectivity index (χ3n) is 5.28. The van der Waals surface area contributed by atoms with Gasteiger partial charge in [-0.2, -0.15) is 5.10 Å². The molecule has 2 heterocycles. The molecule has 1 aromatic heterocycles. The fourth-order valence-electron chi connectivity index (χ4n) is 3.66. The summed E-state index contributed by atoms with van der Waals surface area (Å²) in [6.45, 7) is 1.52. The molecular formula is C22H24N4O4. The molecule has 2 amide bonds. The van der Waals surface area contributed by atoms with Crippen LogP contribution in [0.25, 0.3) is 10.9 Å². The van der Waals surface area contributed by atoms with E-state index in [1.54, 1.807) is 31.4 Å². The second kappa shape index (κ2) is 8.54. The zero-order valence-electron chi connectivity index (χ0n) is 17.0. The first-order valence-corrected chi connectivity index (χ1v) is 9.79. The van der Waals surface area contributed by atoms with Crippen LogP contribution in [0.2, 0.25) is 0 Å². The molecule has 0 spiro atoms. The second-order valence-corrected chi connectivity index (χ2v) is 7.23. The number of nitrogens with one attached hydrogen (secondary N) is 1. The summed E-state index contributed by atoms with van der Waals surface area (Å²) >= 11 is 0. The van der Waals surface area contributed by atoms with E-state index in [-0.39, 0.29) is 18.2 Å². The van der Waals surface area contributed by atoms with Gasteiger partial charge in [-0.05, 0) is 30.3 Å². The largest absolute Gasteiger partial charge is 0.497 e. The van der Waals surface area contributed by atoms with Gasteiger partial charge in [0.2, 0.25) is 11.8 Å². The van der Waals surface area contributed by atoms with Gasteiger partial charge in [-0.1, -0.05) is 6.07 Å². The number of aromatic nitrogens is 2. The number of ether oxygens (including phenoxy) is 2. The number of carbonyl (C=O) groups excluding carboxylic acids is 2. The molecule has 30 heavy (non-hydrogen) atoms. The molecule has 1 saturated heterocycles. The van der Waals surface area contributed by atoms with Crippen LogP contribution < -0.4 is 15.0 Å². The van der Waals surface area contributed by atoms with Crippen molar-refractivity contribution in [2.45, 2.75) is 13.0 Å². The fraction of sp³-hybridized carbons (Fsp3) is 0.318. The number of anilines is 2. The summed E-state index contributed by atoms with van der Waals surface area (Å²) in [6, 6.07) is 13.0. The van der Waals surface area contributed by atoms with Gasteiger partial charge < -0.3 is 19.7 Å². The van der Waals surface area contributed by atoms with Gasteiger partial charge in [0.25, 0.3) is 0 Å². The molecule has 1 fully saturated rings. The molecule has 156 valence electrons. The summed E-state index contributed by atoms with van der Waals surface area (Å²) in [7, 11) is 3.23. The number of rotatable bonds is 7. The predicted molar refractivity (Wildman–Crippen MR) is 114 cm³/mol. The van der Waals surface area contributed by atoms with Crippen molar-refractivity contribution in [3.8, 4) is 5.75 Å². The molecule has 0 bridgehead atoms. The van der Waals surface area contributed by atoms with E-state index in [4.69, 9.17) is 9.47 Å². The third-order valence-corrected chi connectivity index (χ3v) is 5.28. The van der Waals surface area contributed by atoms with Gasteiger partial charge in [0.15, 0.2) is 0 Å². The molecule has 1 N–H and O–H groups in total. The summed E-state index contributed by atoms with van der Waals surface area (Å²) in [5.41, 5.74) is 2.34. The maximum absolute atomic E-state index is 12.8. The van der Waals surface area contributed by atoms with Crippen molar-refractivity contribution in [2.75, 3.05) is 37.6 Å². The molecule has 1 aliphatic heterocycles. The van der Waals surface area contributed by atoms with Gasteiger partial charge in [0, 0.05) is 42.9 Å². The minimum absolute atomic E-state index is 0.0727. The second-order valence-electron chi connectivity index (χ2n) is 7.23. The Kier molecular flexibility index (Phi) is 5.67. The first-order chi connectivity index (χ1) is 14.6. The SMILES string of the molecule is COCCn1ncc2ccc(NC(=O)[C@@H]3CC(=O)N(c4cccc(OC)c4)C3)cc21. The third kappa shape index (κ3) is 3.99. The Morgan fingerprint density at radius 3 is 2.90 bits per heavy atom. The van der Waals surface area contributed by atoms with Crippen LogP contribution in [-0.2, 0) is 20.9 Å². The van der Waals surface area contributed by atoms with Crippen molar-refractivity contribution in [3.05, 3.63) is 48.7 Å². The number of methoxy groups -OCH3 is 2. The highest BCUT2D eigenvalue weighted by atomic mass is 16.5. The minimum atomic E-state index is -0.419. The van der Waals surface area contributed by atoms with Gasteiger partial charge in [0.05, 0.1) is 37.9 Å². The van der Waals surface area contributed by atoms with Gasteiger partial charge in [-0.25, -0.2) is 0 Å². The summed E-state index contributed by atoms with van der Waals surface area (Å²) < 4.78 is 12.2. The van der Waals surface area contributed by atoms with E-state index in [1.165, 1.54) is 0 Å². The lowest BCUT2D eigenvalue weighted by molar-refractivity contribution is -0.122. The van der Waals surface area contributed by atoms with Crippen LogP contribution in [0, 0.1) is 5.92 Å². The molecule has 1 atom stereocenters. The Morgan fingerprint density at radius 1 is 1.23 bits per heavy atom. The van der Waals surface area contributed by atoms with Crippen LogP contribution in [-0.4, -0.2) is 49.0 Å². The highest BCUT2D eigenvalue weighted by Crippen LogP contribution is 2.29. The van der Waals surface area contributed by atoms with Crippen LogP contribution >= 0.6 is 0 Å². The van der Waals surface area contributed by atoms with E-state index < -0.39 is 5.92 Å². The molecule has 8 nitrogen and oxygen atoms in total. The van der Waals surface area contributed by atoms with Gasteiger partial charge in [0.1, 0.15) is 5.75 Å². The van der Waals surface area contributed by atoms with Crippen LogP contribution in [0.5, 0.6) is 5.75 Å². The predicted octanol–water partition coefficient (Wildman–Crippen LogP) is 2.68. The summed E-state index contributed by atoms with van der Waals surface area (Å²) in [4.78, 5) is 27.0. The van der Waals surface area contributed by atoms with Gasteiger partial charge in [-0.15, -0.1) is 0 Å². The Morgan fingerprint density at radius 2 is 2.10 bits per heavy atom. The first-order valence-electron chi connectivity index (χ1n) is 9.79. The maximum Gasteiger partial charge on any atom is 0.229 e. The van der Waals surface area contributed by atoms with Crippen molar-refractivity contribution < 1.29 is 19.1 Å². The number of nitrogens with zero attached hydrogens (tertiary/aromatic N) is 3. The molecule has 1 aliphatic rings. The average Bonchev–Trinajstić information content (AvgIpc) is 3.35.